The Balaban J connectivity index is 1.64. The van der Waals surface area contributed by atoms with Crippen LogP contribution >= 0.6 is 0 Å². The predicted molar refractivity (Wildman–Crippen MR) is 85.8 cm³/mol. The molecule has 114 valence electrons. The fourth-order valence-corrected chi connectivity index (χ4v) is 2.62. The number of hydrogen-bond acceptors (Lipinski definition) is 4. The largest absolute Gasteiger partial charge is 0.345 e. The second kappa shape index (κ2) is 6.56. The normalized spacial score (nSPS) is 15.6. The molecule has 1 aliphatic rings. The molecule has 1 atom stereocenters. The van der Waals surface area contributed by atoms with Gasteiger partial charge in [0.15, 0.2) is 0 Å². The predicted octanol–water partition coefficient (Wildman–Crippen LogP) is 2.57. The minimum absolute atomic E-state index is 0.0491. The molecule has 1 saturated heterocycles. The average Bonchev–Trinajstić information content (AvgIpc) is 3.10. The van der Waals surface area contributed by atoms with Crippen LogP contribution in [0, 0.1) is 0 Å². The minimum Gasteiger partial charge on any atom is -0.345 e. The highest BCUT2D eigenvalue weighted by atomic mass is 16.1. The molecule has 0 aliphatic carbocycles. The second-order valence-corrected chi connectivity index (χ2v) is 5.57. The summed E-state index contributed by atoms with van der Waals surface area (Å²) >= 11 is 0. The summed E-state index contributed by atoms with van der Waals surface area (Å²) in [5.41, 5.74) is 1.57. The van der Waals surface area contributed by atoms with Crippen molar-refractivity contribution in [3.05, 3.63) is 53.9 Å². The van der Waals surface area contributed by atoms with Crippen molar-refractivity contribution in [2.75, 3.05) is 18.0 Å². The molecule has 3 rings (SSSR count). The first-order valence-electron chi connectivity index (χ1n) is 7.67. The molecule has 0 saturated carbocycles. The van der Waals surface area contributed by atoms with Gasteiger partial charge in [0.2, 0.25) is 5.95 Å². The summed E-state index contributed by atoms with van der Waals surface area (Å²) in [6.45, 7) is 3.96. The van der Waals surface area contributed by atoms with E-state index in [0.29, 0.717) is 11.5 Å². The van der Waals surface area contributed by atoms with Gasteiger partial charge in [-0.3, -0.25) is 4.79 Å². The third-order valence-electron chi connectivity index (χ3n) is 3.94. The maximum atomic E-state index is 12.3. The molecule has 0 bridgehead atoms. The zero-order valence-corrected chi connectivity index (χ0v) is 12.7. The zero-order valence-electron chi connectivity index (χ0n) is 12.7. The molecule has 0 spiro atoms. The van der Waals surface area contributed by atoms with Crippen LogP contribution in [0.2, 0.25) is 0 Å². The lowest BCUT2D eigenvalue weighted by Gasteiger charge is -2.16. The monoisotopic (exact) mass is 296 g/mol. The van der Waals surface area contributed by atoms with E-state index < -0.39 is 0 Å². The van der Waals surface area contributed by atoms with Crippen molar-refractivity contribution in [3.8, 4) is 0 Å². The third-order valence-corrected chi connectivity index (χ3v) is 3.94. The summed E-state index contributed by atoms with van der Waals surface area (Å²) in [6, 6.07) is 9.84. The maximum absolute atomic E-state index is 12.3. The fraction of sp³-hybridized carbons (Fsp3) is 0.353. The van der Waals surface area contributed by atoms with Crippen LogP contribution in [0.1, 0.15) is 41.7 Å². The van der Waals surface area contributed by atoms with Crippen molar-refractivity contribution in [2.45, 2.75) is 25.8 Å². The van der Waals surface area contributed by atoms with Gasteiger partial charge in [0.05, 0.1) is 11.6 Å². The molecule has 1 N–H and O–H groups in total. The molecule has 2 aromatic rings. The molecule has 2 heterocycles. The van der Waals surface area contributed by atoms with Gasteiger partial charge in [0.1, 0.15) is 0 Å². The summed E-state index contributed by atoms with van der Waals surface area (Å²) in [5.74, 6) is 0.564. The zero-order chi connectivity index (χ0) is 15.4. The van der Waals surface area contributed by atoms with Crippen LogP contribution in [0.5, 0.6) is 0 Å². The minimum atomic E-state index is -0.149. The molecule has 5 heteroatoms. The second-order valence-electron chi connectivity index (χ2n) is 5.57. The summed E-state index contributed by atoms with van der Waals surface area (Å²) < 4.78 is 0. The summed E-state index contributed by atoms with van der Waals surface area (Å²) in [7, 11) is 0. The van der Waals surface area contributed by atoms with Crippen LogP contribution in [0.4, 0.5) is 5.95 Å². The number of anilines is 1. The maximum Gasteiger partial charge on any atom is 0.254 e. The molecule has 1 aliphatic heterocycles. The number of hydrogen-bond donors (Lipinski definition) is 1. The van der Waals surface area contributed by atoms with E-state index in [-0.39, 0.29) is 11.9 Å². The van der Waals surface area contributed by atoms with E-state index >= 15 is 0 Å². The Hall–Kier alpha value is -2.43. The van der Waals surface area contributed by atoms with Crippen molar-refractivity contribution in [2.24, 2.45) is 0 Å². The number of nitrogens with one attached hydrogen (secondary N) is 1. The third kappa shape index (κ3) is 3.24. The van der Waals surface area contributed by atoms with E-state index in [9.17, 15) is 4.79 Å². The highest BCUT2D eigenvalue weighted by Gasteiger charge is 2.16. The van der Waals surface area contributed by atoms with Crippen LogP contribution in [0.25, 0.3) is 0 Å². The van der Waals surface area contributed by atoms with Crippen molar-refractivity contribution in [1.82, 2.24) is 15.3 Å². The standard InChI is InChI=1S/C17H20N4O/c1-13(14-7-3-2-4-8-14)20-16(22)15-11-18-17(19-12-15)21-9-5-6-10-21/h2-4,7-8,11-13H,5-6,9-10H2,1H3,(H,20,22). The van der Waals surface area contributed by atoms with E-state index in [0.717, 1.165) is 18.7 Å². The summed E-state index contributed by atoms with van der Waals surface area (Å²) in [4.78, 5) is 23.0. The Bertz CT molecular complexity index is 621. The smallest absolute Gasteiger partial charge is 0.254 e. The van der Waals surface area contributed by atoms with Crippen molar-refractivity contribution in [3.63, 3.8) is 0 Å². The molecule has 1 fully saturated rings. The first-order valence-corrected chi connectivity index (χ1v) is 7.67. The van der Waals surface area contributed by atoms with Gasteiger partial charge in [-0.1, -0.05) is 30.3 Å². The number of carbonyl (C=O) groups excluding carboxylic acids is 1. The van der Waals surface area contributed by atoms with Crippen LogP contribution in [-0.4, -0.2) is 29.0 Å². The van der Waals surface area contributed by atoms with E-state index in [1.165, 1.54) is 12.8 Å². The van der Waals surface area contributed by atoms with E-state index in [2.05, 4.69) is 20.2 Å². The fourth-order valence-electron chi connectivity index (χ4n) is 2.62. The quantitative estimate of drug-likeness (QED) is 0.942. The molecule has 1 aromatic carbocycles. The highest BCUT2D eigenvalue weighted by molar-refractivity contribution is 5.93. The van der Waals surface area contributed by atoms with Crippen LogP contribution in [-0.2, 0) is 0 Å². The molecule has 1 aromatic heterocycles. The Morgan fingerprint density at radius 2 is 1.77 bits per heavy atom. The lowest BCUT2D eigenvalue weighted by atomic mass is 10.1. The van der Waals surface area contributed by atoms with Crippen LogP contribution in [0.3, 0.4) is 0 Å². The number of aromatic nitrogens is 2. The molecule has 22 heavy (non-hydrogen) atoms. The highest BCUT2D eigenvalue weighted by Crippen LogP contribution is 2.16. The van der Waals surface area contributed by atoms with Gasteiger partial charge in [-0.2, -0.15) is 0 Å². The molecule has 0 radical (unpaired) electrons. The summed E-state index contributed by atoms with van der Waals surface area (Å²) in [5, 5.41) is 2.97. The molecule has 1 amide bonds. The van der Waals surface area contributed by atoms with Gasteiger partial charge < -0.3 is 10.2 Å². The molecule has 1 unspecified atom stereocenters. The average molecular weight is 296 g/mol. The van der Waals surface area contributed by atoms with Crippen molar-refractivity contribution >= 4 is 11.9 Å². The Morgan fingerprint density at radius 3 is 2.41 bits per heavy atom. The van der Waals surface area contributed by atoms with Crippen LogP contribution in [0.15, 0.2) is 42.7 Å². The van der Waals surface area contributed by atoms with Gasteiger partial charge in [0, 0.05) is 25.5 Å². The number of benzene rings is 1. The van der Waals surface area contributed by atoms with Gasteiger partial charge >= 0.3 is 0 Å². The first-order chi connectivity index (χ1) is 10.7. The lowest BCUT2D eigenvalue weighted by molar-refractivity contribution is 0.0939. The number of rotatable bonds is 4. The number of amides is 1. The van der Waals surface area contributed by atoms with Crippen LogP contribution < -0.4 is 10.2 Å². The Morgan fingerprint density at radius 1 is 1.14 bits per heavy atom. The number of nitrogens with zero attached hydrogens (tertiary/aromatic N) is 3. The molecular weight excluding hydrogens is 276 g/mol. The van der Waals surface area contributed by atoms with Crippen molar-refractivity contribution in [1.29, 1.82) is 0 Å². The van der Waals surface area contributed by atoms with Gasteiger partial charge in [0.25, 0.3) is 5.91 Å². The topological polar surface area (TPSA) is 58.1 Å². The van der Waals surface area contributed by atoms with Gasteiger partial charge in [-0.25, -0.2) is 9.97 Å². The van der Waals surface area contributed by atoms with Gasteiger partial charge in [-0.05, 0) is 25.3 Å². The van der Waals surface area contributed by atoms with E-state index in [4.69, 9.17) is 0 Å². The first kappa shape index (κ1) is 14.5. The Kier molecular flexibility index (Phi) is 4.32. The molecular formula is C17H20N4O. The lowest BCUT2D eigenvalue weighted by Crippen LogP contribution is -2.27. The molecule has 5 nitrogen and oxygen atoms in total. The van der Waals surface area contributed by atoms with E-state index in [1.807, 2.05) is 37.3 Å². The van der Waals surface area contributed by atoms with E-state index in [1.54, 1.807) is 12.4 Å². The Labute approximate surface area is 130 Å². The SMILES string of the molecule is CC(NC(=O)c1cnc(N2CCCC2)nc1)c1ccccc1. The van der Waals surface area contributed by atoms with Crippen molar-refractivity contribution < 1.29 is 4.79 Å². The number of carbonyl (C=O) groups is 1. The summed E-state index contributed by atoms with van der Waals surface area (Å²) in [6.07, 6.45) is 5.57. The van der Waals surface area contributed by atoms with Gasteiger partial charge in [-0.15, -0.1) is 0 Å².